The first-order valence-electron chi connectivity index (χ1n) is 5.79. The van der Waals surface area contributed by atoms with E-state index in [1.165, 1.54) is 6.20 Å². The van der Waals surface area contributed by atoms with Gasteiger partial charge < -0.3 is 15.1 Å². The van der Waals surface area contributed by atoms with Crippen LogP contribution in [0.15, 0.2) is 24.4 Å². The Kier molecular flexibility index (Phi) is 2.45. The molecule has 2 aromatic rings. The molecule has 94 valence electrons. The van der Waals surface area contributed by atoms with E-state index in [4.69, 9.17) is 5.11 Å². The van der Waals surface area contributed by atoms with Gasteiger partial charge in [-0.05, 0) is 18.6 Å². The number of anilines is 1. The molecule has 2 N–H and O–H groups in total. The van der Waals surface area contributed by atoms with Crippen LogP contribution in [0.1, 0.15) is 16.9 Å². The molecule has 0 aromatic carbocycles. The zero-order chi connectivity index (χ0) is 12.7. The van der Waals surface area contributed by atoms with Crippen molar-refractivity contribution in [3.05, 3.63) is 30.1 Å². The van der Waals surface area contributed by atoms with Crippen molar-refractivity contribution in [2.24, 2.45) is 0 Å². The molecular formula is C12H13N3O3. The average Bonchev–Trinajstić information content (AvgIpc) is 2.94. The number of carbonyl (C=O) groups is 1. The molecule has 0 spiro atoms. The molecule has 2 aromatic heterocycles. The molecule has 0 saturated carbocycles. The van der Waals surface area contributed by atoms with E-state index >= 15 is 0 Å². The van der Waals surface area contributed by atoms with E-state index in [1.54, 1.807) is 10.5 Å². The van der Waals surface area contributed by atoms with Crippen molar-refractivity contribution >= 4 is 17.4 Å². The number of carboxylic acids is 1. The fraction of sp³-hybridized carbons (Fsp3) is 0.333. The molecule has 6 nitrogen and oxygen atoms in total. The van der Waals surface area contributed by atoms with E-state index in [0.29, 0.717) is 12.2 Å². The number of hydrogen-bond donors (Lipinski definition) is 2. The van der Waals surface area contributed by atoms with Gasteiger partial charge >= 0.3 is 5.97 Å². The topological polar surface area (TPSA) is 78.1 Å². The number of aliphatic hydroxyl groups is 1. The van der Waals surface area contributed by atoms with Crippen LogP contribution in [0, 0.1) is 0 Å². The Balaban J connectivity index is 2.09. The van der Waals surface area contributed by atoms with Crippen LogP contribution in [0.25, 0.3) is 5.65 Å². The highest BCUT2D eigenvalue weighted by Gasteiger charge is 2.22. The SMILES string of the molecule is O=C(O)c1cn2c(N3CCC(O)C3)cccc2n1. The fourth-order valence-corrected chi connectivity index (χ4v) is 2.31. The standard InChI is InChI=1S/C12H13N3O3/c16-8-4-5-14(6-8)11-3-1-2-10-13-9(12(17)18)7-15(10)11/h1-3,7-8,16H,4-6H2,(H,17,18). The molecule has 0 aliphatic carbocycles. The Bertz CT molecular complexity index is 608. The maximum Gasteiger partial charge on any atom is 0.356 e. The largest absolute Gasteiger partial charge is 0.476 e. The highest BCUT2D eigenvalue weighted by Crippen LogP contribution is 2.22. The number of β-amino-alcohol motifs (C(OH)–C–C–N with tert-alkyl or cyclic N) is 1. The maximum absolute atomic E-state index is 10.9. The molecule has 1 aliphatic heterocycles. The van der Waals surface area contributed by atoms with E-state index in [9.17, 15) is 9.90 Å². The number of aromatic carboxylic acids is 1. The number of pyridine rings is 1. The summed E-state index contributed by atoms with van der Waals surface area (Å²) in [5, 5.41) is 18.5. The van der Waals surface area contributed by atoms with Crippen molar-refractivity contribution in [2.75, 3.05) is 18.0 Å². The lowest BCUT2D eigenvalue weighted by Crippen LogP contribution is -2.23. The van der Waals surface area contributed by atoms with Gasteiger partial charge in [0.15, 0.2) is 5.69 Å². The summed E-state index contributed by atoms with van der Waals surface area (Å²) in [4.78, 5) is 17.0. The van der Waals surface area contributed by atoms with Crippen molar-refractivity contribution in [1.82, 2.24) is 9.38 Å². The Labute approximate surface area is 103 Å². The number of fused-ring (bicyclic) bond motifs is 1. The highest BCUT2D eigenvalue weighted by atomic mass is 16.4. The summed E-state index contributed by atoms with van der Waals surface area (Å²) in [7, 11) is 0. The molecule has 3 rings (SSSR count). The molecule has 1 saturated heterocycles. The van der Waals surface area contributed by atoms with E-state index in [1.807, 2.05) is 17.0 Å². The van der Waals surface area contributed by atoms with Crippen LogP contribution in [-0.2, 0) is 0 Å². The molecule has 1 fully saturated rings. The summed E-state index contributed by atoms with van der Waals surface area (Å²) in [5.74, 6) is -0.171. The Morgan fingerprint density at radius 2 is 2.28 bits per heavy atom. The minimum Gasteiger partial charge on any atom is -0.476 e. The molecule has 0 radical (unpaired) electrons. The van der Waals surface area contributed by atoms with E-state index in [-0.39, 0.29) is 11.8 Å². The van der Waals surface area contributed by atoms with Crippen LogP contribution in [0.5, 0.6) is 0 Å². The van der Waals surface area contributed by atoms with Gasteiger partial charge in [0.2, 0.25) is 0 Å². The fourth-order valence-electron chi connectivity index (χ4n) is 2.31. The van der Waals surface area contributed by atoms with E-state index < -0.39 is 5.97 Å². The van der Waals surface area contributed by atoms with Gasteiger partial charge in [0.1, 0.15) is 11.5 Å². The van der Waals surface area contributed by atoms with Gasteiger partial charge in [-0.3, -0.25) is 4.40 Å². The highest BCUT2D eigenvalue weighted by molar-refractivity contribution is 5.86. The van der Waals surface area contributed by atoms with Crippen LogP contribution in [0.4, 0.5) is 5.82 Å². The van der Waals surface area contributed by atoms with Crippen LogP contribution < -0.4 is 4.90 Å². The minimum atomic E-state index is -1.04. The molecule has 6 heteroatoms. The first-order chi connectivity index (χ1) is 8.65. The van der Waals surface area contributed by atoms with Crippen molar-refractivity contribution in [2.45, 2.75) is 12.5 Å². The molecule has 0 bridgehead atoms. The molecule has 18 heavy (non-hydrogen) atoms. The zero-order valence-corrected chi connectivity index (χ0v) is 9.65. The number of aromatic nitrogens is 2. The second kappa shape index (κ2) is 3.99. The van der Waals surface area contributed by atoms with Crippen LogP contribution in [0.2, 0.25) is 0 Å². The molecule has 3 heterocycles. The smallest absolute Gasteiger partial charge is 0.356 e. The van der Waals surface area contributed by atoms with Gasteiger partial charge in [-0.25, -0.2) is 9.78 Å². The first kappa shape index (κ1) is 11.0. The Morgan fingerprint density at radius 1 is 1.44 bits per heavy atom. The number of rotatable bonds is 2. The van der Waals surface area contributed by atoms with Gasteiger partial charge in [0.05, 0.1) is 6.10 Å². The van der Waals surface area contributed by atoms with Crippen LogP contribution in [-0.4, -0.2) is 44.8 Å². The third-order valence-electron chi connectivity index (χ3n) is 3.18. The average molecular weight is 247 g/mol. The molecule has 1 unspecified atom stereocenters. The van der Waals surface area contributed by atoms with Gasteiger partial charge in [0.25, 0.3) is 0 Å². The van der Waals surface area contributed by atoms with Crippen molar-refractivity contribution in [3.63, 3.8) is 0 Å². The summed E-state index contributed by atoms with van der Waals surface area (Å²) in [6.07, 6.45) is 1.93. The number of carboxylic acid groups (broad SMARTS) is 1. The molecule has 1 atom stereocenters. The summed E-state index contributed by atoms with van der Waals surface area (Å²) in [5.41, 5.74) is 0.633. The van der Waals surface area contributed by atoms with Crippen molar-refractivity contribution < 1.29 is 15.0 Å². The van der Waals surface area contributed by atoms with E-state index in [0.717, 1.165) is 18.8 Å². The quantitative estimate of drug-likeness (QED) is 0.812. The predicted octanol–water partition coefficient (Wildman–Crippen LogP) is 0.603. The molecular weight excluding hydrogens is 234 g/mol. The maximum atomic E-state index is 10.9. The van der Waals surface area contributed by atoms with E-state index in [2.05, 4.69) is 4.98 Å². The number of aliphatic hydroxyl groups excluding tert-OH is 1. The zero-order valence-electron chi connectivity index (χ0n) is 9.65. The monoisotopic (exact) mass is 247 g/mol. The molecule has 1 aliphatic rings. The van der Waals surface area contributed by atoms with Gasteiger partial charge in [-0.15, -0.1) is 0 Å². The lowest BCUT2D eigenvalue weighted by molar-refractivity contribution is 0.0691. The van der Waals surface area contributed by atoms with Gasteiger partial charge in [0, 0.05) is 19.3 Å². The second-order valence-corrected chi connectivity index (χ2v) is 4.43. The Hall–Kier alpha value is -2.08. The minimum absolute atomic E-state index is 0.0298. The van der Waals surface area contributed by atoms with Crippen molar-refractivity contribution in [1.29, 1.82) is 0 Å². The molecule has 0 amide bonds. The number of hydrogen-bond acceptors (Lipinski definition) is 4. The summed E-state index contributed by atoms with van der Waals surface area (Å²) in [6, 6.07) is 5.51. The summed E-state index contributed by atoms with van der Waals surface area (Å²) < 4.78 is 1.75. The predicted molar refractivity (Wildman–Crippen MR) is 65.0 cm³/mol. The van der Waals surface area contributed by atoms with Gasteiger partial charge in [-0.1, -0.05) is 6.07 Å². The summed E-state index contributed by atoms with van der Waals surface area (Å²) in [6.45, 7) is 1.33. The second-order valence-electron chi connectivity index (χ2n) is 4.43. The normalized spacial score (nSPS) is 19.6. The van der Waals surface area contributed by atoms with Gasteiger partial charge in [-0.2, -0.15) is 0 Å². The number of nitrogens with zero attached hydrogens (tertiary/aromatic N) is 3. The first-order valence-corrected chi connectivity index (χ1v) is 5.79. The lowest BCUT2D eigenvalue weighted by Gasteiger charge is -2.18. The third kappa shape index (κ3) is 1.70. The summed E-state index contributed by atoms with van der Waals surface area (Å²) >= 11 is 0. The van der Waals surface area contributed by atoms with Crippen LogP contribution in [0.3, 0.4) is 0 Å². The third-order valence-corrected chi connectivity index (χ3v) is 3.18. The number of imidazole rings is 1. The van der Waals surface area contributed by atoms with Crippen LogP contribution >= 0.6 is 0 Å². The van der Waals surface area contributed by atoms with Crippen molar-refractivity contribution in [3.8, 4) is 0 Å². The lowest BCUT2D eigenvalue weighted by atomic mass is 10.3. The Morgan fingerprint density at radius 3 is 2.94 bits per heavy atom.